The second-order valence-electron chi connectivity index (χ2n) is 5.36. The topological polar surface area (TPSA) is 12.0 Å². The lowest BCUT2D eigenvalue weighted by Crippen LogP contribution is -2.20. The first-order chi connectivity index (χ1) is 10.5. The lowest BCUT2D eigenvalue weighted by atomic mass is 9.76. The third-order valence-corrected chi connectivity index (χ3v) is 3.89. The molecule has 0 aliphatic rings. The second-order valence-corrected chi connectivity index (χ2v) is 5.36. The van der Waals surface area contributed by atoms with E-state index in [1.54, 1.807) is 0 Å². The first-order valence-electron chi connectivity index (χ1n) is 8.34. The minimum Gasteiger partial charge on any atom is -0.388 e. The summed E-state index contributed by atoms with van der Waals surface area (Å²) in [6, 6.07) is 12.9. The van der Waals surface area contributed by atoms with Gasteiger partial charge in [-0.05, 0) is 29.3 Å². The molecule has 0 saturated heterocycles. The maximum absolute atomic E-state index is 4.16. The molecule has 0 amide bonds. The quantitative estimate of drug-likeness (QED) is 0.615. The Balaban J connectivity index is 0.00000102. The molecular formula is C21H33N. The molecule has 1 nitrogen and oxygen atoms in total. The molecule has 2 aromatic carbocycles. The number of benzene rings is 2. The van der Waals surface area contributed by atoms with E-state index in [-0.39, 0.29) is 5.41 Å². The zero-order valence-corrected chi connectivity index (χ0v) is 15.7. The zero-order valence-electron chi connectivity index (χ0n) is 15.7. The fraction of sp³-hybridized carbons (Fsp3) is 0.429. The van der Waals surface area contributed by atoms with Crippen LogP contribution in [0, 0.1) is 0 Å². The van der Waals surface area contributed by atoms with Crippen molar-refractivity contribution in [3.05, 3.63) is 54.1 Å². The van der Waals surface area contributed by atoms with Crippen LogP contribution in [0.25, 0.3) is 10.8 Å². The Morgan fingerprint density at radius 2 is 1.50 bits per heavy atom. The van der Waals surface area contributed by atoms with Gasteiger partial charge in [-0.3, -0.25) is 0 Å². The van der Waals surface area contributed by atoms with Crippen molar-refractivity contribution in [1.29, 1.82) is 0 Å². The minimum atomic E-state index is -0.0425. The fourth-order valence-electron chi connectivity index (χ4n) is 2.37. The smallest absolute Gasteiger partial charge is 0.0385 e. The second kappa shape index (κ2) is 9.30. The van der Waals surface area contributed by atoms with E-state index in [2.05, 4.69) is 69.1 Å². The molecule has 0 unspecified atom stereocenters. The van der Waals surface area contributed by atoms with E-state index in [0.717, 1.165) is 0 Å². The van der Waals surface area contributed by atoms with Gasteiger partial charge in [-0.15, -0.1) is 0 Å². The molecule has 22 heavy (non-hydrogen) atoms. The van der Waals surface area contributed by atoms with Crippen LogP contribution in [0.3, 0.4) is 0 Å². The van der Waals surface area contributed by atoms with E-state index < -0.39 is 0 Å². The van der Waals surface area contributed by atoms with Crippen LogP contribution in [-0.4, -0.2) is 7.05 Å². The molecule has 0 heterocycles. The first-order valence-corrected chi connectivity index (χ1v) is 8.34. The van der Waals surface area contributed by atoms with Gasteiger partial charge in [0.05, 0.1) is 0 Å². The third kappa shape index (κ3) is 4.13. The summed E-state index contributed by atoms with van der Waals surface area (Å²) in [7, 11) is 1.97. The van der Waals surface area contributed by atoms with Crippen LogP contribution >= 0.6 is 0 Å². The molecule has 1 heteroatoms. The van der Waals surface area contributed by atoms with Gasteiger partial charge in [0.15, 0.2) is 0 Å². The Labute approximate surface area is 137 Å². The molecule has 0 spiro atoms. The molecule has 0 saturated carbocycles. The summed E-state index contributed by atoms with van der Waals surface area (Å²) in [5.41, 5.74) is 3.65. The Bertz CT molecular complexity index is 594. The van der Waals surface area contributed by atoms with Gasteiger partial charge in [-0.2, -0.15) is 0 Å². The lowest BCUT2D eigenvalue weighted by molar-refractivity contribution is 0.634. The van der Waals surface area contributed by atoms with Crippen molar-refractivity contribution in [2.45, 2.75) is 53.9 Å². The number of rotatable bonds is 3. The van der Waals surface area contributed by atoms with Gasteiger partial charge in [0.25, 0.3) is 0 Å². The number of hydrogen-bond donors (Lipinski definition) is 1. The molecule has 0 radical (unpaired) electrons. The van der Waals surface area contributed by atoms with Crippen molar-refractivity contribution in [3.63, 3.8) is 0 Å². The van der Waals surface area contributed by atoms with Crippen molar-refractivity contribution < 1.29 is 0 Å². The van der Waals surface area contributed by atoms with Gasteiger partial charge in [0.2, 0.25) is 0 Å². The van der Waals surface area contributed by atoms with Crippen LogP contribution in [0.4, 0.5) is 5.69 Å². The highest BCUT2D eigenvalue weighted by Gasteiger charge is 2.26. The van der Waals surface area contributed by atoms with Crippen LogP contribution in [0.5, 0.6) is 0 Å². The highest BCUT2D eigenvalue weighted by atomic mass is 14.8. The molecule has 0 atom stereocenters. The van der Waals surface area contributed by atoms with Gasteiger partial charge in [-0.25, -0.2) is 0 Å². The summed E-state index contributed by atoms with van der Waals surface area (Å²) < 4.78 is 0. The Morgan fingerprint density at radius 1 is 0.955 bits per heavy atom. The van der Waals surface area contributed by atoms with Crippen molar-refractivity contribution >= 4 is 16.5 Å². The summed E-state index contributed by atoms with van der Waals surface area (Å²) in [4.78, 5) is 0. The van der Waals surface area contributed by atoms with Crippen molar-refractivity contribution in [2.24, 2.45) is 0 Å². The maximum atomic E-state index is 4.16. The number of hydrogen-bond acceptors (Lipinski definition) is 1. The van der Waals surface area contributed by atoms with Crippen LogP contribution in [0.15, 0.2) is 48.6 Å². The fourth-order valence-corrected chi connectivity index (χ4v) is 2.37. The highest BCUT2D eigenvalue weighted by Crippen LogP contribution is 2.39. The SMILES string of the molecule is C=C(C)C(C)(C)c1c(NC)ccc2ccccc12.CC.CC. The molecule has 0 aliphatic heterocycles. The Hall–Kier alpha value is -1.76. The van der Waals surface area contributed by atoms with E-state index in [0.29, 0.717) is 0 Å². The maximum Gasteiger partial charge on any atom is 0.0385 e. The summed E-state index contributed by atoms with van der Waals surface area (Å²) >= 11 is 0. The summed E-state index contributed by atoms with van der Waals surface area (Å²) in [6.45, 7) is 18.7. The standard InChI is InChI=1S/C17H21N.2C2H6/c1-12(2)17(3,4)16-14-9-7-6-8-13(14)10-11-15(16)18-5;2*1-2/h6-11,18H,1H2,2-5H3;2*1-2H3. The average Bonchev–Trinajstić information content (AvgIpc) is 2.57. The molecule has 2 aromatic rings. The summed E-state index contributed by atoms with van der Waals surface area (Å²) in [6.07, 6.45) is 0. The number of nitrogens with one attached hydrogen (secondary N) is 1. The number of allylic oxidation sites excluding steroid dienone is 1. The number of fused-ring (bicyclic) bond motifs is 1. The van der Waals surface area contributed by atoms with Crippen molar-refractivity contribution in [3.8, 4) is 0 Å². The van der Waals surface area contributed by atoms with Crippen LogP contribution < -0.4 is 5.32 Å². The molecular weight excluding hydrogens is 266 g/mol. The molecule has 2 rings (SSSR count). The number of anilines is 1. The zero-order chi connectivity index (χ0) is 17.3. The Morgan fingerprint density at radius 3 is 2.00 bits per heavy atom. The molecule has 1 N–H and O–H groups in total. The van der Waals surface area contributed by atoms with E-state index in [1.165, 1.54) is 27.6 Å². The van der Waals surface area contributed by atoms with Crippen LogP contribution in [0.1, 0.15) is 54.0 Å². The summed E-state index contributed by atoms with van der Waals surface area (Å²) in [5, 5.41) is 5.89. The van der Waals surface area contributed by atoms with Gasteiger partial charge in [0, 0.05) is 18.2 Å². The summed E-state index contributed by atoms with van der Waals surface area (Å²) in [5.74, 6) is 0. The van der Waals surface area contributed by atoms with E-state index in [4.69, 9.17) is 0 Å². The van der Waals surface area contributed by atoms with Gasteiger partial charge in [-0.1, -0.05) is 84.0 Å². The average molecular weight is 300 g/mol. The third-order valence-electron chi connectivity index (χ3n) is 3.89. The highest BCUT2D eigenvalue weighted by molar-refractivity contribution is 5.91. The normalized spacial score (nSPS) is 10.0. The van der Waals surface area contributed by atoms with Crippen molar-refractivity contribution in [2.75, 3.05) is 12.4 Å². The predicted molar refractivity (Wildman–Crippen MR) is 104 cm³/mol. The largest absolute Gasteiger partial charge is 0.388 e. The van der Waals surface area contributed by atoms with E-state index in [1.807, 2.05) is 34.7 Å². The van der Waals surface area contributed by atoms with Gasteiger partial charge < -0.3 is 5.32 Å². The van der Waals surface area contributed by atoms with Crippen LogP contribution in [-0.2, 0) is 5.41 Å². The molecule has 0 bridgehead atoms. The van der Waals surface area contributed by atoms with E-state index >= 15 is 0 Å². The molecule has 0 fully saturated rings. The predicted octanol–water partition coefficient (Wildman–Crippen LogP) is 6.79. The lowest BCUT2D eigenvalue weighted by Gasteiger charge is -2.30. The first kappa shape index (κ1) is 20.2. The molecule has 122 valence electrons. The Kier molecular flexibility index (Phi) is 8.55. The van der Waals surface area contributed by atoms with E-state index in [9.17, 15) is 0 Å². The molecule has 0 aliphatic carbocycles. The minimum absolute atomic E-state index is 0.0425. The monoisotopic (exact) mass is 299 g/mol. The van der Waals surface area contributed by atoms with Gasteiger partial charge in [0.1, 0.15) is 0 Å². The van der Waals surface area contributed by atoms with Gasteiger partial charge >= 0.3 is 0 Å². The van der Waals surface area contributed by atoms with Crippen LogP contribution in [0.2, 0.25) is 0 Å². The van der Waals surface area contributed by atoms with Crippen molar-refractivity contribution in [1.82, 2.24) is 0 Å². The molecule has 0 aromatic heterocycles.